The van der Waals surface area contributed by atoms with Crippen molar-refractivity contribution in [2.45, 2.75) is 0 Å². The van der Waals surface area contributed by atoms with Gasteiger partial charge in [0.05, 0.1) is 0 Å². The van der Waals surface area contributed by atoms with E-state index in [0.717, 1.165) is 0 Å². The molecule has 3 aromatic rings. The van der Waals surface area contributed by atoms with Crippen molar-refractivity contribution in [2.24, 2.45) is 0 Å². The molecule has 0 atom stereocenters. The Labute approximate surface area is 165 Å². The molecular weight excluding hydrogens is 377 g/mol. The van der Waals surface area contributed by atoms with Crippen LogP contribution in [0.1, 0.15) is 20.8 Å². The highest BCUT2D eigenvalue weighted by Crippen LogP contribution is 2.22. The fourth-order valence-corrected chi connectivity index (χ4v) is 2.39. The number of anilines is 1. The molecule has 146 valence electrons. The summed E-state index contributed by atoms with van der Waals surface area (Å²) in [6, 6.07) is 14.1. The summed E-state index contributed by atoms with van der Waals surface area (Å²) in [6.07, 6.45) is 1.44. The second-order valence-corrected chi connectivity index (χ2v) is 5.87. The molecule has 2 aromatic carbocycles. The van der Waals surface area contributed by atoms with Crippen LogP contribution in [0, 0.1) is 5.82 Å². The Balaban J connectivity index is 1.66. The molecule has 0 aliphatic heterocycles. The molecule has 0 saturated carbocycles. The molecule has 0 radical (unpaired) electrons. The highest BCUT2D eigenvalue weighted by atomic mass is 19.1. The number of rotatable bonds is 6. The number of ketones is 1. The third-order valence-corrected chi connectivity index (χ3v) is 3.85. The summed E-state index contributed by atoms with van der Waals surface area (Å²) in [5, 5.41) is 4.88. The van der Waals surface area contributed by atoms with Crippen LogP contribution in [0.3, 0.4) is 0 Å². The van der Waals surface area contributed by atoms with E-state index in [-0.39, 0.29) is 17.2 Å². The number of hydrogen-bond donors (Lipinski definition) is 2. The number of nitrogens with zero attached hydrogens (tertiary/aromatic N) is 1. The molecular formula is C21H16FN3O4. The number of nitrogens with one attached hydrogen (secondary N) is 2. The maximum atomic E-state index is 12.9. The average molecular weight is 393 g/mol. The second kappa shape index (κ2) is 8.75. The Morgan fingerprint density at radius 3 is 2.28 bits per heavy atom. The van der Waals surface area contributed by atoms with Crippen molar-refractivity contribution < 1.29 is 23.5 Å². The molecule has 0 spiro atoms. The van der Waals surface area contributed by atoms with Crippen molar-refractivity contribution in [1.29, 1.82) is 0 Å². The minimum atomic E-state index is -0.838. The van der Waals surface area contributed by atoms with Gasteiger partial charge < -0.3 is 15.4 Å². The minimum Gasteiger partial charge on any atom is -0.457 e. The van der Waals surface area contributed by atoms with Crippen molar-refractivity contribution in [1.82, 2.24) is 10.3 Å². The number of halogens is 1. The molecule has 3 rings (SSSR count). The van der Waals surface area contributed by atoms with E-state index in [4.69, 9.17) is 4.74 Å². The average Bonchev–Trinajstić information content (AvgIpc) is 2.75. The molecule has 0 unspecified atom stereocenters. The SMILES string of the molecule is CNC(=O)c1cc(Oc2ccc(C(=O)C(=O)Nc3ccc(F)cc3)cc2)ccn1. The Kier molecular flexibility index (Phi) is 5.94. The Morgan fingerprint density at radius 2 is 1.62 bits per heavy atom. The van der Waals surface area contributed by atoms with Gasteiger partial charge in [0.15, 0.2) is 0 Å². The molecule has 8 heteroatoms. The Hall–Kier alpha value is -4.07. The highest BCUT2D eigenvalue weighted by molar-refractivity contribution is 6.46. The number of Topliss-reactive ketones (excluding diaryl/α,β-unsaturated/α-hetero) is 1. The van der Waals surface area contributed by atoms with Crippen molar-refractivity contribution in [3.8, 4) is 11.5 Å². The number of pyridine rings is 1. The summed E-state index contributed by atoms with van der Waals surface area (Å²) in [5.74, 6) is -1.56. The molecule has 1 heterocycles. The number of carbonyl (C=O) groups is 3. The van der Waals surface area contributed by atoms with Gasteiger partial charge in [-0.2, -0.15) is 0 Å². The first-order valence-electron chi connectivity index (χ1n) is 8.53. The lowest BCUT2D eigenvalue weighted by atomic mass is 10.1. The number of amides is 2. The first-order valence-corrected chi connectivity index (χ1v) is 8.53. The van der Waals surface area contributed by atoms with E-state index in [9.17, 15) is 18.8 Å². The summed E-state index contributed by atoms with van der Waals surface area (Å²) < 4.78 is 18.6. The summed E-state index contributed by atoms with van der Waals surface area (Å²) in [6.45, 7) is 0. The van der Waals surface area contributed by atoms with Gasteiger partial charge in [-0.1, -0.05) is 0 Å². The zero-order chi connectivity index (χ0) is 20.8. The monoisotopic (exact) mass is 393 g/mol. The molecule has 2 amide bonds. The Morgan fingerprint density at radius 1 is 0.931 bits per heavy atom. The standard InChI is InChI=1S/C21H16FN3O4/c1-23-20(27)18-12-17(10-11-24-18)29-16-8-2-13(3-9-16)19(26)21(28)25-15-6-4-14(22)5-7-15/h2-12H,1H3,(H,23,27)(H,25,28). The van der Waals surface area contributed by atoms with Gasteiger partial charge >= 0.3 is 0 Å². The lowest BCUT2D eigenvalue weighted by molar-refractivity contribution is -0.112. The number of benzene rings is 2. The van der Waals surface area contributed by atoms with Gasteiger partial charge in [0.1, 0.15) is 23.0 Å². The molecule has 7 nitrogen and oxygen atoms in total. The summed E-state index contributed by atoms with van der Waals surface area (Å²) in [4.78, 5) is 39.9. The highest BCUT2D eigenvalue weighted by Gasteiger charge is 2.16. The van der Waals surface area contributed by atoms with Crippen molar-refractivity contribution >= 4 is 23.3 Å². The van der Waals surface area contributed by atoms with E-state index >= 15 is 0 Å². The molecule has 0 saturated heterocycles. The van der Waals surface area contributed by atoms with E-state index in [1.165, 1.54) is 67.8 Å². The van der Waals surface area contributed by atoms with Crippen LogP contribution in [0.5, 0.6) is 11.5 Å². The van der Waals surface area contributed by atoms with Crippen LogP contribution in [-0.2, 0) is 4.79 Å². The van der Waals surface area contributed by atoms with Crippen LogP contribution in [0.4, 0.5) is 10.1 Å². The van der Waals surface area contributed by atoms with E-state index in [2.05, 4.69) is 15.6 Å². The molecule has 0 bridgehead atoms. The quantitative estimate of drug-likeness (QED) is 0.495. The maximum absolute atomic E-state index is 12.9. The zero-order valence-corrected chi connectivity index (χ0v) is 15.3. The van der Waals surface area contributed by atoms with Gasteiger partial charge in [0.2, 0.25) is 0 Å². The van der Waals surface area contributed by atoms with Gasteiger partial charge in [-0.15, -0.1) is 0 Å². The maximum Gasteiger partial charge on any atom is 0.296 e. The summed E-state index contributed by atoms with van der Waals surface area (Å²) in [7, 11) is 1.50. The predicted molar refractivity (Wildman–Crippen MR) is 104 cm³/mol. The van der Waals surface area contributed by atoms with Gasteiger partial charge in [-0.05, 0) is 54.6 Å². The first-order chi connectivity index (χ1) is 14.0. The normalized spacial score (nSPS) is 10.1. The van der Waals surface area contributed by atoms with Crippen molar-refractivity contribution in [3.63, 3.8) is 0 Å². The lowest BCUT2D eigenvalue weighted by Crippen LogP contribution is -2.22. The van der Waals surface area contributed by atoms with E-state index in [1.54, 1.807) is 6.07 Å². The minimum absolute atomic E-state index is 0.165. The van der Waals surface area contributed by atoms with Crippen molar-refractivity contribution in [2.75, 3.05) is 12.4 Å². The molecule has 0 aliphatic rings. The molecule has 0 fully saturated rings. The number of aromatic nitrogens is 1. The summed E-state index contributed by atoms with van der Waals surface area (Å²) >= 11 is 0. The zero-order valence-electron chi connectivity index (χ0n) is 15.3. The van der Waals surface area contributed by atoms with Crippen LogP contribution >= 0.6 is 0 Å². The van der Waals surface area contributed by atoms with E-state index in [0.29, 0.717) is 17.2 Å². The Bertz CT molecular complexity index is 1050. The molecule has 1 aromatic heterocycles. The molecule has 2 N–H and O–H groups in total. The third kappa shape index (κ3) is 5.01. The number of ether oxygens (including phenoxy) is 1. The van der Waals surface area contributed by atoms with Gasteiger partial charge in [0.25, 0.3) is 17.6 Å². The predicted octanol–water partition coefficient (Wildman–Crippen LogP) is 3.19. The second-order valence-electron chi connectivity index (χ2n) is 5.87. The van der Waals surface area contributed by atoms with Crippen LogP contribution in [-0.4, -0.2) is 29.6 Å². The molecule has 29 heavy (non-hydrogen) atoms. The number of hydrogen-bond acceptors (Lipinski definition) is 5. The van der Waals surface area contributed by atoms with Crippen LogP contribution < -0.4 is 15.4 Å². The summed E-state index contributed by atoms with van der Waals surface area (Å²) in [5.41, 5.74) is 0.682. The van der Waals surface area contributed by atoms with Gasteiger partial charge in [-0.3, -0.25) is 19.4 Å². The van der Waals surface area contributed by atoms with Gasteiger partial charge in [-0.25, -0.2) is 4.39 Å². The van der Waals surface area contributed by atoms with E-state index in [1.807, 2.05) is 0 Å². The third-order valence-electron chi connectivity index (χ3n) is 3.85. The molecule has 0 aliphatic carbocycles. The fraction of sp³-hybridized carbons (Fsp3) is 0.0476. The van der Waals surface area contributed by atoms with Crippen LogP contribution in [0.2, 0.25) is 0 Å². The largest absolute Gasteiger partial charge is 0.457 e. The van der Waals surface area contributed by atoms with Crippen LogP contribution in [0.15, 0.2) is 66.9 Å². The van der Waals surface area contributed by atoms with Crippen LogP contribution in [0.25, 0.3) is 0 Å². The van der Waals surface area contributed by atoms with E-state index < -0.39 is 17.5 Å². The lowest BCUT2D eigenvalue weighted by Gasteiger charge is -2.08. The number of carbonyl (C=O) groups excluding carboxylic acids is 3. The fourth-order valence-electron chi connectivity index (χ4n) is 2.39. The smallest absolute Gasteiger partial charge is 0.296 e. The topological polar surface area (TPSA) is 97.4 Å². The van der Waals surface area contributed by atoms with Gasteiger partial charge in [0, 0.05) is 30.6 Å². The first kappa shape index (κ1) is 19.7. The van der Waals surface area contributed by atoms with Crippen molar-refractivity contribution in [3.05, 3.63) is 83.9 Å².